The van der Waals surface area contributed by atoms with E-state index < -0.39 is 0 Å². The predicted octanol–water partition coefficient (Wildman–Crippen LogP) is 3.79. The maximum atomic E-state index is 13.9. The average Bonchev–Trinajstić information content (AvgIpc) is 2.74. The summed E-state index contributed by atoms with van der Waals surface area (Å²) in [5, 5.41) is 3.34. The minimum atomic E-state index is -0.107. The second kappa shape index (κ2) is 4.84. The van der Waals surface area contributed by atoms with Crippen LogP contribution in [0.1, 0.15) is 43.2 Å². The van der Waals surface area contributed by atoms with Crippen molar-refractivity contribution in [1.29, 1.82) is 0 Å². The Hall–Kier alpha value is -0.410. The van der Waals surface area contributed by atoms with Gasteiger partial charge >= 0.3 is 0 Å². The topological polar surface area (TPSA) is 12.0 Å². The summed E-state index contributed by atoms with van der Waals surface area (Å²) in [5.41, 5.74) is 2.07. The standard InChI is InChI=1S/C13H17BrFN/c1-8(2)11-5-10(6-12(14)13(11)15)9-3-4-16-7-9/h5-6,8-9,16H,3-4,7H2,1-2H3. The molecule has 1 unspecified atom stereocenters. The third kappa shape index (κ3) is 2.30. The highest BCUT2D eigenvalue weighted by Gasteiger charge is 2.20. The molecule has 0 radical (unpaired) electrons. The van der Waals surface area contributed by atoms with E-state index in [2.05, 4.69) is 21.2 Å². The molecule has 88 valence electrons. The molecule has 2 rings (SSSR count). The van der Waals surface area contributed by atoms with Crippen molar-refractivity contribution in [2.45, 2.75) is 32.1 Å². The molecule has 1 nitrogen and oxygen atoms in total. The van der Waals surface area contributed by atoms with Crippen molar-refractivity contribution < 1.29 is 4.39 Å². The first-order valence-electron chi connectivity index (χ1n) is 5.79. The Morgan fingerprint density at radius 1 is 1.44 bits per heavy atom. The van der Waals surface area contributed by atoms with Crippen LogP contribution in [0.15, 0.2) is 16.6 Å². The van der Waals surface area contributed by atoms with E-state index >= 15 is 0 Å². The van der Waals surface area contributed by atoms with Gasteiger partial charge in [0.2, 0.25) is 0 Å². The van der Waals surface area contributed by atoms with Crippen LogP contribution in [0.3, 0.4) is 0 Å². The first kappa shape index (κ1) is 12.1. The van der Waals surface area contributed by atoms with Gasteiger partial charge in [0, 0.05) is 6.54 Å². The van der Waals surface area contributed by atoms with Crippen molar-refractivity contribution in [3.8, 4) is 0 Å². The molecular formula is C13H17BrFN. The fourth-order valence-corrected chi connectivity index (χ4v) is 2.72. The van der Waals surface area contributed by atoms with E-state index in [1.165, 1.54) is 5.56 Å². The maximum absolute atomic E-state index is 13.9. The molecule has 1 atom stereocenters. The zero-order chi connectivity index (χ0) is 11.7. The first-order valence-corrected chi connectivity index (χ1v) is 6.58. The lowest BCUT2D eigenvalue weighted by Gasteiger charge is -2.15. The van der Waals surface area contributed by atoms with Gasteiger partial charge < -0.3 is 5.32 Å². The van der Waals surface area contributed by atoms with E-state index in [1.54, 1.807) is 0 Å². The molecule has 16 heavy (non-hydrogen) atoms. The number of halogens is 2. The highest BCUT2D eigenvalue weighted by atomic mass is 79.9. The molecule has 1 fully saturated rings. The summed E-state index contributed by atoms with van der Waals surface area (Å²) in [6.45, 7) is 6.13. The van der Waals surface area contributed by atoms with E-state index in [-0.39, 0.29) is 11.7 Å². The summed E-state index contributed by atoms with van der Waals surface area (Å²) in [6, 6.07) is 3.96. The molecule has 0 amide bonds. The van der Waals surface area contributed by atoms with E-state index in [1.807, 2.05) is 26.0 Å². The smallest absolute Gasteiger partial charge is 0.140 e. The monoisotopic (exact) mass is 285 g/mol. The van der Waals surface area contributed by atoms with Gasteiger partial charge in [-0.1, -0.05) is 19.9 Å². The van der Waals surface area contributed by atoms with Gasteiger partial charge in [-0.2, -0.15) is 0 Å². The van der Waals surface area contributed by atoms with Gasteiger partial charge in [-0.25, -0.2) is 4.39 Å². The normalized spacial score (nSPS) is 20.7. The van der Waals surface area contributed by atoms with E-state index in [9.17, 15) is 4.39 Å². The first-order chi connectivity index (χ1) is 7.59. The minimum Gasteiger partial charge on any atom is -0.316 e. The van der Waals surface area contributed by atoms with Crippen LogP contribution in [0.25, 0.3) is 0 Å². The average molecular weight is 286 g/mol. The third-order valence-corrected chi connectivity index (χ3v) is 3.81. The lowest BCUT2D eigenvalue weighted by atomic mass is 9.93. The number of rotatable bonds is 2. The Balaban J connectivity index is 2.39. The second-order valence-electron chi connectivity index (χ2n) is 4.75. The van der Waals surface area contributed by atoms with Gasteiger partial charge in [0.05, 0.1) is 4.47 Å². The molecule has 1 aliphatic rings. The van der Waals surface area contributed by atoms with Crippen LogP contribution in [0.4, 0.5) is 4.39 Å². The largest absolute Gasteiger partial charge is 0.316 e. The molecule has 1 saturated heterocycles. The Labute approximate surface area is 105 Å². The van der Waals surface area contributed by atoms with Gasteiger partial charge in [-0.15, -0.1) is 0 Å². The predicted molar refractivity (Wildman–Crippen MR) is 68.4 cm³/mol. The molecule has 3 heteroatoms. The van der Waals surface area contributed by atoms with Gasteiger partial charge in [-0.3, -0.25) is 0 Å². The molecule has 0 bridgehead atoms. The Morgan fingerprint density at radius 3 is 2.75 bits per heavy atom. The SMILES string of the molecule is CC(C)c1cc(C2CCNC2)cc(Br)c1F. The summed E-state index contributed by atoms with van der Waals surface area (Å²) < 4.78 is 14.5. The van der Waals surface area contributed by atoms with Crippen molar-refractivity contribution in [3.05, 3.63) is 33.5 Å². The highest BCUT2D eigenvalue weighted by Crippen LogP contribution is 2.31. The fraction of sp³-hybridized carbons (Fsp3) is 0.538. The van der Waals surface area contributed by atoms with E-state index in [0.717, 1.165) is 25.1 Å². The van der Waals surface area contributed by atoms with Crippen molar-refractivity contribution in [2.24, 2.45) is 0 Å². The van der Waals surface area contributed by atoms with Crippen molar-refractivity contribution in [2.75, 3.05) is 13.1 Å². The number of benzene rings is 1. The number of hydrogen-bond acceptors (Lipinski definition) is 1. The molecule has 0 saturated carbocycles. The molecule has 1 aromatic carbocycles. The third-order valence-electron chi connectivity index (χ3n) is 3.23. The highest BCUT2D eigenvalue weighted by molar-refractivity contribution is 9.10. The maximum Gasteiger partial charge on any atom is 0.140 e. The molecule has 0 spiro atoms. The van der Waals surface area contributed by atoms with Gasteiger partial charge in [0.1, 0.15) is 5.82 Å². The van der Waals surface area contributed by atoms with Gasteiger partial charge in [-0.05, 0) is 57.9 Å². The summed E-state index contributed by atoms with van der Waals surface area (Å²) in [5.74, 6) is 0.657. The van der Waals surface area contributed by atoms with Crippen LogP contribution in [0.5, 0.6) is 0 Å². The zero-order valence-corrected chi connectivity index (χ0v) is 11.3. The minimum absolute atomic E-state index is 0.107. The number of hydrogen-bond donors (Lipinski definition) is 1. The molecule has 0 aromatic heterocycles. The van der Waals surface area contributed by atoms with Gasteiger partial charge in [0.25, 0.3) is 0 Å². The van der Waals surface area contributed by atoms with Crippen LogP contribution in [-0.4, -0.2) is 13.1 Å². The van der Waals surface area contributed by atoms with Crippen LogP contribution in [0, 0.1) is 5.82 Å². The summed E-state index contributed by atoms with van der Waals surface area (Å²) >= 11 is 3.32. The Morgan fingerprint density at radius 2 is 2.19 bits per heavy atom. The molecule has 1 heterocycles. The Kier molecular flexibility index (Phi) is 3.65. The summed E-state index contributed by atoms with van der Waals surface area (Å²) in [7, 11) is 0. The number of nitrogens with one attached hydrogen (secondary N) is 1. The quantitative estimate of drug-likeness (QED) is 0.872. The van der Waals surface area contributed by atoms with Crippen LogP contribution < -0.4 is 5.32 Å². The summed E-state index contributed by atoms with van der Waals surface area (Å²) in [6.07, 6.45) is 1.15. The van der Waals surface area contributed by atoms with E-state index in [4.69, 9.17) is 0 Å². The molecule has 1 N–H and O–H groups in total. The molecule has 1 aliphatic heterocycles. The van der Waals surface area contributed by atoms with E-state index in [0.29, 0.717) is 10.4 Å². The van der Waals surface area contributed by atoms with Crippen LogP contribution >= 0.6 is 15.9 Å². The lowest BCUT2D eigenvalue weighted by molar-refractivity contribution is 0.588. The molecular weight excluding hydrogens is 269 g/mol. The van der Waals surface area contributed by atoms with Gasteiger partial charge in [0.15, 0.2) is 0 Å². The van der Waals surface area contributed by atoms with Crippen molar-refractivity contribution in [3.63, 3.8) is 0 Å². The Bertz CT molecular complexity index is 384. The zero-order valence-electron chi connectivity index (χ0n) is 9.69. The molecule has 0 aliphatic carbocycles. The summed E-state index contributed by atoms with van der Waals surface area (Å²) in [4.78, 5) is 0. The molecule has 1 aromatic rings. The second-order valence-corrected chi connectivity index (χ2v) is 5.60. The van der Waals surface area contributed by atoms with Crippen molar-refractivity contribution >= 4 is 15.9 Å². The fourth-order valence-electron chi connectivity index (χ4n) is 2.23. The van der Waals surface area contributed by atoms with Crippen LogP contribution in [-0.2, 0) is 0 Å². The van der Waals surface area contributed by atoms with Crippen LogP contribution in [0.2, 0.25) is 0 Å². The van der Waals surface area contributed by atoms with Crippen molar-refractivity contribution in [1.82, 2.24) is 5.32 Å². The lowest BCUT2D eigenvalue weighted by Crippen LogP contribution is -2.08.